The largest absolute Gasteiger partial charge is 0.289 e. The first-order chi connectivity index (χ1) is 19.4. The van der Waals surface area contributed by atoms with E-state index in [9.17, 15) is 31.2 Å². The number of carbonyl (C=O) groups is 3. The van der Waals surface area contributed by atoms with E-state index in [-0.39, 0.29) is 36.9 Å². The van der Waals surface area contributed by atoms with Gasteiger partial charge in [-0.15, -0.1) is 0 Å². The van der Waals surface area contributed by atoms with Crippen molar-refractivity contribution in [2.75, 3.05) is 4.72 Å². The number of rotatable bonds is 5. The molecule has 3 N–H and O–H groups in total. The minimum Gasteiger partial charge on any atom is -0.289 e. The fourth-order valence-electron chi connectivity index (χ4n) is 4.42. The minimum absolute atomic E-state index is 0.0518. The van der Waals surface area contributed by atoms with Gasteiger partial charge < -0.3 is 0 Å². The van der Waals surface area contributed by atoms with Crippen molar-refractivity contribution in [3.05, 3.63) is 118 Å². The molecule has 0 saturated heterocycles. The van der Waals surface area contributed by atoms with Crippen LogP contribution in [0.15, 0.2) is 99.6 Å². The highest BCUT2D eigenvalue weighted by molar-refractivity contribution is 7.92. The van der Waals surface area contributed by atoms with Crippen molar-refractivity contribution in [3.8, 4) is 0 Å². The summed E-state index contributed by atoms with van der Waals surface area (Å²) in [5.41, 5.74) is 6.31. The lowest BCUT2D eigenvalue weighted by Gasteiger charge is -2.19. The maximum atomic E-state index is 13.1. The molecule has 1 heterocycles. The number of nitrogens with one attached hydrogen (secondary N) is 3. The van der Waals surface area contributed by atoms with Crippen LogP contribution in [0.2, 0.25) is 0 Å². The van der Waals surface area contributed by atoms with Crippen molar-refractivity contribution in [2.45, 2.75) is 28.5 Å². The normalized spacial score (nSPS) is 13.5. The van der Waals surface area contributed by atoms with Gasteiger partial charge in [-0.1, -0.05) is 35.9 Å². The summed E-state index contributed by atoms with van der Waals surface area (Å²) in [6.07, 6.45) is 0. The lowest BCUT2D eigenvalue weighted by atomic mass is 10.0. The van der Waals surface area contributed by atoms with Crippen molar-refractivity contribution in [2.24, 2.45) is 0 Å². The van der Waals surface area contributed by atoms with Crippen LogP contribution in [-0.2, 0) is 19.9 Å². The Morgan fingerprint density at radius 1 is 0.707 bits per heavy atom. The molecule has 1 aliphatic heterocycles. The summed E-state index contributed by atoms with van der Waals surface area (Å²) in [6, 6.07) is 19.9. The lowest BCUT2D eigenvalue weighted by molar-refractivity contribution is 0.0846. The van der Waals surface area contributed by atoms with Crippen LogP contribution in [0.1, 0.15) is 47.8 Å². The van der Waals surface area contributed by atoms with Gasteiger partial charge in [0, 0.05) is 22.3 Å². The number of carbonyl (C=O) groups excluding carboxylic acids is 3. The first kappa shape index (κ1) is 27.7. The van der Waals surface area contributed by atoms with Gasteiger partial charge in [0.05, 0.1) is 20.4 Å². The molecule has 208 valence electrons. The number of fused-ring (bicyclic) bond motifs is 2. The molecular formula is C29H23N3O7S2. The predicted molar refractivity (Wildman–Crippen MR) is 150 cm³/mol. The van der Waals surface area contributed by atoms with Crippen molar-refractivity contribution in [1.82, 2.24) is 10.9 Å². The Hall–Kier alpha value is -4.81. The molecule has 0 fully saturated rings. The summed E-state index contributed by atoms with van der Waals surface area (Å²) in [5.74, 6) is -2.13. The van der Waals surface area contributed by atoms with E-state index in [0.29, 0.717) is 5.69 Å². The van der Waals surface area contributed by atoms with Crippen molar-refractivity contribution in [3.63, 3.8) is 0 Å². The van der Waals surface area contributed by atoms with Crippen LogP contribution >= 0.6 is 0 Å². The zero-order valence-corrected chi connectivity index (χ0v) is 23.4. The van der Waals surface area contributed by atoms with Gasteiger partial charge in [-0.05, 0) is 74.0 Å². The maximum absolute atomic E-state index is 13.1. The number of amides is 2. The van der Waals surface area contributed by atoms with Crippen LogP contribution < -0.4 is 15.6 Å². The molecule has 2 amide bonds. The predicted octanol–water partition coefficient (Wildman–Crippen LogP) is 3.56. The number of sulfonamides is 1. The molecule has 0 atom stereocenters. The summed E-state index contributed by atoms with van der Waals surface area (Å²) in [5, 5.41) is 0. The molecule has 4 aromatic carbocycles. The van der Waals surface area contributed by atoms with E-state index in [1.54, 1.807) is 25.1 Å². The molecule has 0 aliphatic carbocycles. The van der Waals surface area contributed by atoms with Gasteiger partial charge in [-0.3, -0.25) is 30.0 Å². The highest BCUT2D eigenvalue weighted by Gasteiger charge is 2.35. The van der Waals surface area contributed by atoms with Gasteiger partial charge >= 0.3 is 0 Å². The Kier molecular flexibility index (Phi) is 6.97. The summed E-state index contributed by atoms with van der Waals surface area (Å²) < 4.78 is 54.6. The molecule has 4 aromatic rings. The molecule has 5 rings (SSSR count). The molecule has 12 heteroatoms. The molecule has 0 spiro atoms. The fraction of sp³-hybridized carbons (Fsp3) is 0.0690. The number of aryl methyl sites for hydroxylation is 2. The number of benzene rings is 4. The van der Waals surface area contributed by atoms with Crippen molar-refractivity contribution < 1.29 is 31.2 Å². The van der Waals surface area contributed by atoms with Crippen LogP contribution in [0.5, 0.6) is 0 Å². The second-order valence-corrected chi connectivity index (χ2v) is 13.0. The molecule has 0 radical (unpaired) electrons. The van der Waals surface area contributed by atoms with E-state index in [2.05, 4.69) is 15.6 Å². The Balaban J connectivity index is 1.31. The number of hydrogen-bond acceptors (Lipinski definition) is 7. The molecular weight excluding hydrogens is 566 g/mol. The van der Waals surface area contributed by atoms with Crippen LogP contribution in [0.25, 0.3) is 0 Å². The third kappa shape index (κ3) is 5.22. The minimum atomic E-state index is -4.06. The highest BCUT2D eigenvalue weighted by Crippen LogP contribution is 2.34. The molecule has 1 aliphatic rings. The summed E-state index contributed by atoms with van der Waals surface area (Å²) in [7, 11) is -8.09. The molecule has 0 unspecified atom stereocenters. The van der Waals surface area contributed by atoms with E-state index in [1.165, 1.54) is 48.5 Å². The van der Waals surface area contributed by atoms with E-state index in [1.807, 2.05) is 13.0 Å². The molecule has 41 heavy (non-hydrogen) atoms. The number of hydrazine groups is 1. The number of ketones is 1. The third-order valence-electron chi connectivity index (χ3n) is 6.52. The van der Waals surface area contributed by atoms with Crippen LogP contribution in [0.4, 0.5) is 5.69 Å². The standard InChI is InChI=1S/C29H23N3O7S2/c1-17-10-13-24(18(2)14-17)32-41(38,39)21-7-5-6-19(15-21)28(34)30-31-29(35)20-11-12-23-26(16-20)40(36,37)25-9-4-3-8-22(25)27(23)33/h3-16,32H,1-2H3,(H,30,34)(H,31,35). The monoisotopic (exact) mass is 589 g/mol. The second kappa shape index (κ2) is 10.3. The summed E-state index contributed by atoms with van der Waals surface area (Å²) in [6.45, 7) is 3.66. The van der Waals surface area contributed by atoms with E-state index in [0.717, 1.165) is 23.3 Å². The Morgan fingerprint density at radius 3 is 2.07 bits per heavy atom. The van der Waals surface area contributed by atoms with Gasteiger partial charge in [0.1, 0.15) is 0 Å². The number of anilines is 1. The van der Waals surface area contributed by atoms with Crippen LogP contribution in [-0.4, -0.2) is 34.4 Å². The first-order valence-corrected chi connectivity index (χ1v) is 15.2. The fourth-order valence-corrected chi connectivity index (χ4v) is 7.27. The zero-order chi connectivity index (χ0) is 29.5. The Morgan fingerprint density at radius 2 is 1.37 bits per heavy atom. The quantitative estimate of drug-likeness (QED) is 0.265. The van der Waals surface area contributed by atoms with Gasteiger partial charge in [0.15, 0.2) is 5.78 Å². The van der Waals surface area contributed by atoms with Gasteiger partial charge in [0.2, 0.25) is 9.84 Å². The average Bonchev–Trinajstić information content (AvgIpc) is 2.96. The Bertz CT molecular complexity index is 1990. The average molecular weight is 590 g/mol. The Labute approximate surface area is 236 Å². The highest BCUT2D eigenvalue weighted by atomic mass is 32.2. The zero-order valence-electron chi connectivity index (χ0n) is 21.8. The molecule has 0 aromatic heterocycles. The summed E-state index contributed by atoms with van der Waals surface area (Å²) in [4.78, 5) is 37.7. The SMILES string of the molecule is Cc1ccc(NS(=O)(=O)c2cccc(C(=O)NNC(=O)c3ccc4c(c3)S(=O)(=O)c3ccccc3C4=O)c2)c(C)c1. The van der Waals surface area contributed by atoms with E-state index >= 15 is 0 Å². The molecule has 0 saturated carbocycles. The van der Waals surface area contributed by atoms with E-state index in [4.69, 9.17) is 0 Å². The maximum Gasteiger partial charge on any atom is 0.269 e. The first-order valence-electron chi connectivity index (χ1n) is 12.2. The lowest BCUT2D eigenvalue weighted by Crippen LogP contribution is -2.41. The smallest absolute Gasteiger partial charge is 0.269 e. The number of hydrogen-bond donors (Lipinski definition) is 3. The topological polar surface area (TPSA) is 156 Å². The second-order valence-electron chi connectivity index (χ2n) is 9.40. The number of sulfone groups is 1. The molecule has 0 bridgehead atoms. The van der Waals surface area contributed by atoms with Crippen LogP contribution in [0, 0.1) is 13.8 Å². The third-order valence-corrected chi connectivity index (χ3v) is 9.74. The molecule has 10 nitrogen and oxygen atoms in total. The van der Waals surface area contributed by atoms with Crippen molar-refractivity contribution in [1.29, 1.82) is 0 Å². The van der Waals surface area contributed by atoms with Crippen LogP contribution in [0.3, 0.4) is 0 Å². The van der Waals surface area contributed by atoms with Gasteiger partial charge in [-0.2, -0.15) is 0 Å². The summed E-state index contributed by atoms with van der Waals surface area (Å²) >= 11 is 0. The van der Waals surface area contributed by atoms with Gasteiger partial charge in [0.25, 0.3) is 21.8 Å². The van der Waals surface area contributed by atoms with Gasteiger partial charge in [-0.25, -0.2) is 16.8 Å². The van der Waals surface area contributed by atoms with Crippen molar-refractivity contribution >= 4 is 43.1 Å². The van der Waals surface area contributed by atoms with E-state index < -0.39 is 37.5 Å².